The van der Waals surface area contributed by atoms with Gasteiger partial charge in [0.25, 0.3) is 0 Å². The number of piperazine rings is 1. The highest BCUT2D eigenvalue weighted by Gasteiger charge is 2.50. The molecule has 1 N–H and O–H groups in total. The van der Waals surface area contributed by atoms with E-state index < -0.39 is 12.1 Å². The number of halogens is 1. The number of amides is 2. The molecule has 0 radical (unpaired) electrons. The zero-order chi connectivity index (χ0) is 27.7. The van der Waals surface area contributed by atoms with Crippen molar-refractivity contribution in [1.82, 2.24) is 19.7 Å². The van der Waals surface area contributed by atoms with E-state index in [1.54, 1.807) is 11.0 Å². The van der Waals surface area contributed by atoms with Gasteiger partial charge in [0.1, 0.15) is 18.4 Å². The van der Waals surface area contributed by atoms with Gasteiger partial charge in [-0.05, 0) is 53.4 Å². The minimum atomic E-state index is -0.647. The van der Waals surface area contributed by atoms with E-state index >= 15 is 0 Å². The molecule has 3 atom stereocenters. The number of nitrogens with one attached hydrogen (secondary N) is 1. The summed E-state index contributed by atoms with van der Waals surface area (Å²) in [6, 6.07) is 19.4. The summed E-state index contributed by atoms with van der Waals surface area (Å²) in [6.07, 6.45) is 1.21. The van der Waals surface area contributed by atoms with E-state index in [1.807, 2.05) is 41.3 Å². The summed E-state index contributed by atoms with van der Waals surface area (Å²) < 4.78 is 25.4. The lowest BCUT2D eigenvalue weighted by molar-refractivity contribution is -0.160. The van der Waals surface area contributed by atoms with Crippen molar-refractivity contribution in [3.63, 3.8) is 0 Å². The topological polar surface area (TPSA) is 78.1 Å². The number of H-pyrrole nitrogens is 1. The summed E-state index contributed by atoms with van der Waals surface area (Å²) in [5.41, 5.74) is 4.47. The predicted molar refractivity (Wildman–Crippen MR) is 149 cm³/mol. The maximum atomic E-state index is 14.2. The second-order valence-corrected chi connectivity index (χ2v) is 11.4. The molecule has 41 heavy (non-hydrogen) atoms. The predicted octanol–water partition coefficient (Wildman–Crippen LogP) is 4.00. The molecule has 0 saturated carbocycles. The first-order chi connectivity index (χ1) is 20.0. The molecular formula is C32H29FN4O4. The van der Waals surface area contributed by atoms with Crippen LogP contribution in [0.25, 0.3) is 10.9 Å². The molecule has 0 unspecified atom stereocenters. The lowest BCUT2D eigenvalue weighted by Gasteiger charge is -2.48. The van der Waals surface area contributed by atoms with Crippen molar-refractivity contribution in [3.8, 4) is 11.5 Å². The smallest absolute Gasteiger partial charge is 0.246 e. The SMILES string of the molecule is O=C1[C@H]2Cc3c([nH]c4cc(F)ccc34)[C@@H](c3ccc4c(c3)OCO4)N2C(=O)CN1[C@@H]1CCN(Cc2ccccc2)C1. The minimum absolute atomic E-state index is 0.0141. The number of carbonyl (C=O) groups is 2. The second kappa shape index (κ2) is 9.34. The third kappa shape index (κ3) is 3.98. The van der Waals surface area contributed by atoms with Crippen LogP contribution >= 0.6 is 0 Å². The largest absolute Gasteiger partial charge is 0.454 e. The molecule has 4 aromatic rings. The number of hydrogen-bond donors (Lipinski definition) is 1. The lowest BCUT2D eigenvalue weighted by Crippen LogP contribution is -2.65. The summed E-state index contributed by atoms with van der Waals surface area (Å²) in [4.78, 5) is 37.5. The van der Waals surface area contributed by atoms with E-state index in [-0.39, 0.29) is 37.0 Å². The Labute approximate surface area is 236 Å². The van der Waals surface area contributed by atoms with Crippen molar-refractivity contribution in [2.75, 3.05) is 26.4 Å². The molecule has 3 aromatic carbocycles. The van der Waals surface area contributed by atoms with Crippen molar-refractivity contribution < 1.29 is 23.5 Å². The number of rotatable bonds is 4. The van der Waals surface area contributed by atoms with E-state index in [2.05, 4.69) is 22.0 Å². The number of likely N-dealkylation sites (tertiary alicyclic amines) is 1. The van der Waals surface area contributed by atoms with Crippen molar-refractivity contribution in [3.05, 3.63) is 94.9 Å². The Bertz CT molecular complexity index is 1690. The number of nitrogens with zero attached hydrogens (tertiary/aromatic N) is 3. The number of hydrogen-bond acceptors (Lipinski definition) is 5. The second-order valence-electron chi connectivity index (χ2n) is 11.4. The molecule has 1 aromatic heterocycles. The Morgan fingerprint density at radius 1 is 0.976 bits per heavy atom. The van der Waals surface area contributed by atoms with Crippen molar-refractivity contribution >= 4 is 22.7 Å². The number of benzene rings is 3. The van der Waals surface area contributed by atoms with Crippen LogP contribution in [-0.4, -0.2) is 70.0 Å². The van der Waals surface area contributed by atoms with Gasteiger partial charge in [-0.15, -0.1) is 0 Å². The quantitative estimate of drug-likeness (QED) is 0.414. The van der Waals surface area contributed by atoms with Gasteiger partial charge in [-0.3, -0.25) is 14.5 Å². The molecule has 0 spiro atoms. The van der Waals surface area contributed by atoms with Crippen LogP contribution in [0.1, 0.15) is 34.8 Å². The number of carbonyl (C=O) groups excluding carboxylic acids is 2. The van der Waals surface area contributed by atoms with Crippen LogP contribution in [0, 0.1) is 5.82 Å². The minimum Gasteiger partial charge on any atom is -0.454 e. The van der Waals surface area contributed by atoms with Gasteiger partial charge >= 0.3 is 0 Å². The number of ether oxygens (including phenoxy) is 2. The molecule has 4 aliphatic rings. The molecular weight excluding hydrogens is 523 g/mol. The van der Waals surface area contributed by atoms with Gasteiger partial charge in [0.15, 0.2) is 11.5 Å². The molecule has 2 fully saturated rings. The fourth-order valence-electron chi connectivity index (χ4n) is 7.10. The Kier molecular flexibility index (Phi) is 5.57. The third-order valence-corrected chi connectivity index (χ3v) is 9.00. The summed E-state index contributed by atoms with van der Waals surface area (Å²) in [5, 5.41) is 0.874. The fraction of sp³-hybridized carbons (Fsp3) is 0.312. The van der Waals surface area contributed by atoms with E-state index in [0.717, 1.165) is 48.3 Å². The van der Waals surface area contributed by atoms with Gasteiger partial charge in [-0.1, -0.05) is 36.4 Å². The van der Waals surface area contributed by atoms with Gasteiger partial charge < -0.3 is 24.3 Å². The Morgan fingerprint density at radius 2 is 1.83 bits per heavy atom. The first-order valence-corrected chi connectivity index (χ1v) is 14.1. The average Bonchev–Trinajstić information content (AvgIpc) is 3.72. The maximum absolute atomic E-state index is 14.2. The van der Waals surface area contributed by atoms with Crippen molar-refractivity contribution in [2.24, 2.45) is 0 Å². The molecule has 208 valence electrons. The van der Waals surface area contributed by atoms with E-state index in [4.69, 9.17) is 9.47 Å². The van der Waals surface area contributed by atoms with Crippen LogP contribution in [0.4, 0.5) is 4.39 Å². The number of aromatic amines is 1. The normalized spacial score (nSPS) is 23.8. The number of aromatic nitrogens is 1. The van der Waals surface area contributed by atoms with Crippen molar-refractivity contribution in [2.45, 2.75) is 37.5 Å². The molecule has 8 nitrogen and oxygen atoms in total. The summed E-state index contributed by atoms with van der Waals surface area (Å²) in [6.45, 7) is 2.63. The van der Waals surface area contributed by atoms with E-state index in [0.29, 0.717) is 23.4 Å². The molecule has 5 heterocycles. The molecule has 8 rings (SSSR count). The highest BCUT2D eigenvalue weighted by Crippen LogP contribution is 2.45. The molecule has 9 heteroatoms. The lowest BCUT2D eigenvalue weighted by atomic mass is 9.85. The van der Waals surface area contributed by atoms with Crippen LogP contribution in [0.5, 0.6) is 11.5 Å². The monoisotopic (exact) mass is 552 g/mol. The standard InChI is InChI=1S/C32H29FN4O4/c33-21-7-8-23-24-14-26-32(39)36(22-10-11-35(16-22)15-19-4-2-1-3-5-19)17-29(38)37(26)31(30(24)34-25(23)13-21)20-6-9-27-28(12-20)41-18-40-27/h1-9,12-13,22,26,31,34H,10-11,14-18H2/t22-,26-,31-/m1/s1. The fourth-order valence-corrected chi connectivity index (χ4v) is 7.10. The zero-order valence-corrected chi connectivity index (χ0v) is 22.4. The summed E-state index contributed by atoms with van der Waals surface area (Å²) in [7, 11) is 0. The highest BCUT2D eigenvalue weighted by atomic mass is 19.1. The average molecular weight is 553 g/mol. The van der Waals surface area contributed by atoms with Crippen LogP contribution in [0.2, 0.25) is 0 Å². The van der Waals surface area contributed by atoms with Gasteiger partial charge in [0.05, 0.1) is 6.04 Å². The van der Waals surface area contributed by atoms with Gasteiger partial charge in [-0.2, -0.15) is 0 Å². The molecule has 2 amide bonds. The molecule has 0 bridgehead atoms. The first-order valence-electron chi connectivity index (χ1n) is 14.1. The molecule has 4 aliphatic heterocycles. The van der Waals surface area contributed by atoms with Gasteiger partial charge in [0.2, 0.25) is 18.6 Å². The van der Waals surface area contributed by atoms with Gasteiger partial charge in [-0.25, -0.2) is 4.39 Å². The first kappa shape index (κ1) is 24.4. The van der Waals surface area contributed by atoms with E-state index in [1.165, 1.54) is 17.7 Å². The van der Waals surface area contributed by atoms with E-state index in [9.17, 15) is 14.0 Å². The molecule has 0 aliphatic carbocycles. The zero-order valence-electron chi connectivity index (χ0n) is 22.4. The number of fused-ring (bicyclic) bond motifs is 5. The Balaban J connectivity index is 1.15. The molecule has 2 saturated heterocycles. The van der Waals surface area contributed by atoms with Crippen molar-refractivity contribution in [1.29, 1.82) is 0 Å². The third-order valence-electron chi connectivity index (χ3n) is 9.00. The van der Waals surface area contributed by atoms with Crippen LogP contribution in [0.3, 0.4) is 0 Å². The maximum Gasteiger partial charge on any atom is 0.246 e. The summed E-state index contributed by atoms with van der Waals surface area (Å²) >= 11 is 0. The Hall–Kier alpha value is -4.37. The van der Waals surface area contributed by atoms with Crippen LogP contribution in [0.15, 0.2) is 66.7 Å². The Morgan fingerprint density at radius 3 is 2.71 bits per heavy atom. The summed E-state index contributed by atoms with van der Waals surface area (Å²) in [5.74, 6) is 0.801. The van der Waals surface area contributed by atoms with Crippen LogP contribution < -0.4 is 9.47 Å². The van der Waals surface area contributed by atoms with Gasteiger partial charge in [0, 0.05) is 48.7 Å². The van der Waals surface area contributed by atoms with Crippen LogP contribution in [-0.2, 0) is 22.6 Å². The highest BCUT2D eigenvalue weighted by molar-refractivity contribution is 5.98.